The van der Waals surface area contributed by atoms with Gasteiger partial charge in [0.2, 0.25) is 0 Å². The van der Waals surface area contributed by atoms with Crippen molar-refractivity contribution in [3.63, 3.8) is 0 Å². The van der Waals surface area contributed by atoms with Gasteiger partial charge < -0.3 is 5.73 Å². The summed E-state index contributed by atoms with van der Waals surface area (Å²) in [7, 11) is 0. The quantitative estimate of drug-likeness (QED) is 0.849. The second kappa shape index (κ2) is 5.88. The molecule has 1 aromatic rings. The summed E-state index contributed by atoms with van der Waals surface area (Å²) in [5.41, 5.74) is 9.44. The van der Waals surface area contributed by atoms with Gasteiger partial charge in [-0.1, -0.05) is 50.5 Å². The third-order valence-corrected chi connectivity index (χ3v) is 4.88. The molecule has 1 aliphatic rings. The highest BCUT2D eigenvalue weighted by Crippen LogP contribution is 2.42. The molecule has 0 bridgehead atoms. The monoisotopic (exact) mass is 245 g/mol. The van der Waals surface area contributed by atoms with Crippen molar-refractivity contribution >= 4 is 0 Å². The third-order valence-electron chi connectivity index (χ3n) is 4.88. The van der Waals surface area contributed by atoms with Crippen molar-refractivity contribution in [2.45, 2.75) is 52.4 Å². The van der Waals surface area contributed by atoms with E-state index in [0.717, 1.165) is 12.5 Å². The first kappa shape index (κ1) is 13.6. The summed E-state index contributed by atoms with van der Waals surface area (Å²) in [6.07, 6.45) is 7.90. The number of benzene rings is 1. The van der Waals surface area contributed by atoms with Crippen LogP contribution in [0, 0.1) is 18.3 Å². The predicted octanol–water partition coefficient (Wildman–Crippen LogP) is 4.08. The first-order chi connectivity index (χ1) is 8.69. The highest BCUT2D eigenvalue weighted by atomic mass is 14.6. The lowest BCUT2D eigenvalue weighted by molar-refractivity contribution is 0.142. The summed E-state index contributed by atoms with van der Waals surface area (Å²) < 4.78 is 0. The Hall–Kier alpha value is -0.820. The normalized spacial score (nSPS) is 28.3. The van der Waals surface area contributed by atoms with Crippen molar-refractivity contribution in [1.29, 1.82) is 0 Å². The third kappa shape index (κ3) is 2.95. The minimum absolute atomic E-state index is 0.366. The van der Waals surface area contributed by atoms with E-state index >= 15 is 0 Å². The van der Waals surface area contributed by atoms with Crippen LogP contribution in [0.3, 0.4) is 0 Å². The summed E-state index contributed by atoms with van der Waals surface area (Å²) in [5, 5.41) is 0. The molecule has 2 unspecified atom stereocenters. The van der Waals surface area contributed by atoms with Crippen LogP contribution in [0.5, 0.6) is 0 Å². The highest BCUT2D eigenvalue weighted by Gasteiger charge is 2.34. The molecular weight excluding hydrogens is 218 g/mol. The van der Waals surface area contributed by atoms with E-state index in [4.69, 9.17) is 5.73 Å². The topological polar surface area (TPSA) is 26.0 Å². The van der Waals surface area contributed by atoms with Crippen molar-refractivity contribution in [3.05, 3.63) is 35.4 Å². The molecule has 0 amide bonds. The van der Waals surface area contributed by atoms with Gasteiger partial charge in [-0.05, 0) is 55.2 Å². The number of nitrogens with two attached hydrogens (primary N) is 1. The lowest BCUT2D eigenvalue weighted by Crippen LogP contribution is -2.37. The zero-order valence-electron chi connectivity index (χ0n) is 11.9. The average molecular weight is 245 g/mol. The van der Waals surface area contributed by atoms with Crippen LogP contribution in [0.25, 0.3) is 0 Å². The molecule has 1 aromatic carbocycles. The molecule has 2 atom stereocenters. The molecule has 0 aliphatic heterocycles. The molecule has 18 heavy (non-hydrogen) atoms. The zero-order chi connectivity index (χ0) is 13.0. The summed E-state index contributed by atoms with van der Waals surface area (Å²) in [6.45, 7) is 5.39. The van der Waals surface area contributed by atoms with Gasteiger partial charge in [-0.2, -0.15) is 0 Å². The van der Waals surface area contributed by atoms with Crippen LogP contribution < -0.4 is 5.73 Å². The van der Waals surface area contributed by atoms with Crippen LogP contribution in [-0.2, 0) is 6.42 Å². The molecule has 1 fully saturated rings. The van der Waals surface area contributed by atoms with Crippen molar-refractivity contribution in [2.24, 2.45) is 17.1 Å². The number of hydrogen-bond donors (Lipinski definition) is 1. The van der Waals surface area contributed by atoms with Crippen molar-refractivity contribution in [1.82, 2.24) is 0 Å². The van der Waals surface area contributed by atoms with E-state index in [0.29, 0.717) is 5.41 Å². The molecule has 0 heterocycles. The molecule has 1 saturated carbocycles. The van der Waals surface area contributed by atoms with E-state index in [1.165, 1.54) is 49.7 Å². The Morgan fingerprint density at radius 1 is 1.33 bits per heavy atom. The van der Waals surface area contributed by atoms with Crippen LogP contribution in [-0.4, -0.2) is 6.54 Å². The molecule has 0 spiro atoms. The average Bonchev–Trinajstić information content (AvgIpc) is 2.42. The van der Waals surface area contributed by atoms with Gasteiger partial charge in [-0.15, -0.1) is 0 Å². The summed E-state index contributed by atoms with van der Waals surface area (Å²) in [6, 6.07) is 8.79. The molecule has 2 N–H and O–H groups in total. The van der Waals surface area contributed by atoms with Gasteiger partial charge in [-0.25, -0.2) is 0 Å². The smallest absolute Gasteiger partial charge is 0.00172 e. The summed E-state index contributed by atoms with van der Waals surface area (Å²) in [4.78, 5) is 0. The molecule has 1 aliphatic carbocycles. The highest BCUT2D eigenvalue weighted by molar-refractivity contribution is 5.27. The van der Waals surface area contributed by atoms with Crippen LogP contribution in [0.2, 0.25) is 0 Å². The summed E-state index contributed by atoms with van der Waals surface area (Å²) >= 11 is 0. The van der Waals surface area contributed by atoms with E-state index in [1.807, 2.05) is 0 Å². The molecule has 0 radical (unpaired) electrons. The molecule has 100 valence electrons. The number of rotatable bonds is 4. The first-order valence-electron chi connectivity index (χ1n) is 7.44. The van der Waals surface area contributed by atoms with Crippen molar-refractivity contribution in [2.75, 3.05) is 6.54 Å². The fourth-order valence-corrected chi connectivity index (χ4v) is 3.56. The number of aryl methyl sites for hydroxylation is 1. The Morgan fingerprint density at radius 3 is 2.78 bits per heavy atom. The molecule has 0 saturated heterocycles. The second-order valence-corrected chi connectivity index (χ2v) is 6.18. The fraction of sp³-hybridized carbons (Fsp3) is 0.647. The van der Waals surface area contributed by atoms with Crippen molar-refractivity contribution in [3.8, 4) is 0 Å². The minimum atomic E-state index is 0.366. The maximum Gasteiger partial charge on any atom is -0.00172 e. The Labute approximate surface area is 112 Å². The lowest BCUT2D eigenvalue weighted by Gasteiger charge is -2.40. The van der Waals surface area contributed by atoms with Gasteiger partial charge in [0.15, 0.2) is 0 Å². The Balaban J connectivity index is 2.15. The van der Waals surface area contributed by atoms with Crippen molar-refractivity contribution < 1.29 is 0 Å². The van der Waals surface area contributed by atoms with Gasteiger partial charge >= 0.3 is 0 Å². The van der Waals surface area contributed by atoms with Gasteiger partial charge in [-0.3, -0.25) is 0 Å². The largest absolute Gasteiger partial charge is 0.330 e. The maximum atomic E-state index is 6.15. The van der Waals surface area contributed by atoms with E-state index in [1.54, 1.807) is 0 Å². The second-order valence-electron chi connectivity index (χ2n) is 6.18. The standard InChI is InChI=1S/C17H27N/c1-3-15-8-6-10-17(11-15,13-18)12-16-9-5-4-7-14(16)2/h4-5,7,9,15H,3,6,8,10-13,18H2,1-2H3. The molecule has 2 rings (SSSR count). The van der Waals surface area contributed by atoms with Crippen LogP contribution >= 0.6 is 0 Å². The Morgan fingerprint density at radius 2 is 2.11 bits per heavy atom. The van der Waals surface area contributed by atoms with Gasteiger partial charge in [0, 0.05) is 0 Å². The van der Waals surface area contributed by atoms with Gasteiger partial charge in [0.1, 0.15) is 0 Å². The predicted molar refractivity (Wildman–Crippen MR) is 78.6 cm³/mol. The SMILES string of the molecule is CCC1CCCC(CN)(Cc2ccccc2C)C1. The number of hydrogen-bond acceptors (Lipinski definition) is 1. The Kier molecular flexibility index (Phi) is 4.45. The van der Waals surface area contributed by atoms with Crippen LogP contribution in [0.15, 0.2) is 24.3 Å². The van der Waals surface area contributed by atoms with E-state index in [9.17, 15) is 0 Å². The maximum absolute atomic E-state index is 6.15. The van der Waals surface area contributed by atoms with Crippen LogP contribution in [0.1, 0.15) is 50.2 Å². The van der Waals surface area contributed by atoms with Gasteiger partial charge in [0.05, 0.1) is 0 Å². The van der Waals surface area contributed by atoms with E-state index in [-0.39, 0.29) is 0 Å². The summed E-state index contributed by atoms with van der Waals surface area (Å²) in [5.74, 6) is 0.895. The fourth-order valence-electron chi connectivity index (χ4n) is 3.56. The van der Waals surface area contributed by atoms with Gasteiger partial charge in [0.25, 0.3) is 0 Å². The van der Waals surface area contributed by atoms with E-state index in [2.05, 4.69) is 38.1 Å². The molecule has 1 nitrogen and oxygen atoms in total. The lowest BCUT2D eigenvalue weighted by atomic mass is 9.66. The molecule has 0 aromatic heterocycles. The zero-order valence-corrected chi connectivity index (χ0v) is 11.9. The first-order valence-corrected chi connectivity index (χ1v) is 7.44. The molecule has 1 heteroatoms. The Bertz CT molecular complexity index is 385. The molecular formula is C17H27N. The van der Waals surface area contributed by atoms with Crippen LogP contribution in [0.4, 0.5) is 0 Å². The minimum Gasteiger partial charge on any atom is -0.330 e. The van der Waals surface area contributed by atoms with E-state index < -0.39 is 0 Å².